The second kappa shape index (κ2) is 3.25. The van der Waals surface area contributed by atoms with Crippen LogP contribution in [0.5, 0.6) is 0 Å². The van der Waals surface area contributed by atoms with Crippen molar-refractivity contribution < 1.29 is 4.74 Å². The minimum absolute atomic E-state index is 0.492. The molecule has 2 saturated carbocycles. The third-order valence-corrected chi connectivity index (χ3v) is 3.38. The van der Waals surface area contributed by atoms with Gasteiger partial charge in [0.1, 0.15) is 0 Å². The molecule has 0 aliphatic heterocycles. The lowest BCUT2D eigenvalue weighted by molar-refractivity contribution is -0.128. The molecule has 2 fully saturated rings. The smallest absolute Gasteiger partial charge is 0.0586 e. The van der Waals surface area contributed by atoms with Crippen LogP contribution in [0.15, 0.2) is 0 Å². The molecule has 0 unspecified atom stereocenters. The van der Waals surface area contributed by atoms with E-state index in [-0.39, 0.29) is 0 Å². The summed E-state index contributed by atoms with van der Waals surface area (Å²) >= 11 is 0. The zero-order valence-corrected chi connectivity index (χ0v) is 8.75. The minimum atomic E-state index is 0.492. The van der Waals surface area contributed by atoms with Crippen molar-refractivity contribution >= 4 is 0 Å². The van der Waals surface area contributed by atoms with Crippen molar-refractivity contribution in [3.05, 3.63) is 0 Å². The molecular formula is C11H21NO. The highest BCUT2D eigenvalue weighted by molar-refractivity contribution is 5.05. The summed E-state index contributed by atoms with van der Waals surface area (Å²) in [6, 6.07) is 0.492. The van der Waals surface area contributed by atoms with Gasteiger partial charge in [-0.15, -0.1) is 0 Å². The molecule has 76 valence electrons. The average Bonchev–Trinajstić information content (AvgIpc) is 1.90. The van der Waals surface area contributed by atoms with Crippen molar-refractivity contribution in [3.63, 3.8) is 0 Å². The van der Waals surface area contributed by atoms with E-state index in [0.29, 0.717) is 23.5 Å². The molecule has 0 saturated heterocycles. The predicted octanol–water partition coefficient (Wildman–Crippen LogP) is 1.93. The van der Waals surface area contributed by atoms with Gasteiger partial charge in [0.15, 0.2) is 0 Å². The summed E-state index contributed by atoms with van der Waals surface area (Å²) in [5.74, 6) is 0.667. The largest absolute Gasteiger partial charge is 0.378 e. The lowest BCUT2D eigenvalue weighted by Crippen LogP contribution is -2.55. The summed E-state index contributed by atoms with van der Waals surface area (Å²) < 4.78 is 5.76. The third-order valence-electron chi connectivity index (χ3n) is 3.38. The number of hydrogen-bond acceptors (Lipinski definition) is 2. The van der Waals surface area contributed by atoms with Crippen molar-refractivity contribution in [2.24, 2.45) is 17.1 Å². The Morgan fingerprint density at radius 1 is 1.31 bits per heavy atom. The number of ether oxygens (including phenoxy) is 1. The first-order chi connectivity index (χ1) is 6.10. The topological polar surface area (TPSA) is 35.2 Å². The molecule has 0 amide bonds. The highest BCUT2D eigenvalue weighted by atomic mass is 16.5. The molecule has 2 nitrogen and oxygen atoms in total. The molecule has 0 aromatic rings. The van der Waals surface area contributed by atoms with Crippen molar-refractivity contribution in [2.45, 2.75) is 51.7 Å². The van der Waals surface area contributed by atoms with Crippen LogP contribution in [-0.2, 0) is 4.74 Å². The van der Waals surface area contributed by atoms with Gasteiger partial charge < -0.3 is 10.5 Å². The summed E-state index contributed by atoms with van der Waals surface area (Å²) in [7, 11) is 0. The molecule has 2 aliphatic carbocycles. The molecule has 2 N–H and O–H groups in total. The van der Waals surface area contributed by atoms with Gasteiger partial charge >= 0.3 is 0 Å². The zero-order chi connectivity index (χ0) is 9.47. The summed E-state index contributed by atoms with van der Waals surface area (Å²) in [5.41, 5.74) is 6.42. The maximum atomic E-state index is 5.79. The van der Waals surface area contributed by atoms with E-state index >= 15 is 0 Å². The minimum Gasteiger partial charge on any atom is -0.378 e. The molecule has 1 spiro atoms. The van der Waals surface area contributed by atoms with Crippen LogP contribution in [0.2, 0.25) is 0 Å². The van der Waals surface area contributed by atoms with Crippen LogP contribution >= 0.6 is 0 Å². The van der Waals surface area contributed by atoms with Gasteiger partial charge in [0.2, 0.25) is 0 Å². The van der Waals surface area contributed by atoms with E-state index in [1.165, 1.54) is 25.7 Å². The van der Waals surface area contributed by atoms with E-state index in [0.717, 1.165) is 6.61 Å². The second-order valence-electron chi connectivity index (χ2n) is 5.43. The van der Waals surface area contributed by atoms with Crippen LogP contribution in [0.25, 0.3) is 0 Å². The maximum absolute atomic E-state index is 5.79. The highest BCUT2D eigenvalue weighted by Crippen LogP contribution is 2.56. The van der Waals surface area contributed by atoms with Crippen LogP contribution in [-0.4, -0.2) is 18.8 Å². The van der Waals surface area contributed by atoms with Gasteiger partial charge in [-0.3, -0.25) is 0 Å². The first-order valence-electron chi connectivity index (χ1n) is 5.47. The van der Waals surface area contributed by atoms with Gasteiger partial charge in [0.25, 0.3) is 0 Å². The lowest BCUT2D eigenvalue weighted by atomic mass is 9.53. The second-order valence-corrected chi connectivity index (χ2v) is 5.43. The molecule has 2 rings (SSSR count). The quantitative estimate of drug-likeness (QED) is 0.725. The van der Waals surface area contributed by atoms with Gasteiger partial charge in [0, 0.05) is 12.6 Å². The molecule has 2 aliphatic rings. The monoisotopic (exact) mass is 183 g/mol. The van der Waals surface area contributed by atoms with Crippen LogP contribution < -0.4 is 5.73 Å². The fraction of sp³-hybridized carbons (Fsp3) is 1.00. The number of rotatable bonds is 3. The van der Waals surface area contributed by atoms with Crippen LogP contribution in [0.4, 0.5) is 0 Å². The highest BCUT2D eigenvalue weighted by Gasteiger charge is 2.52. The molecule has 0 bridgehead atoms. The van der Waals surface area contributed by atoms with E-state index in [9.17, 15) is 0 Å². The lowest BCUT2D eigenvalue weighted by Gasteiger charge is -2.56. The first kappa shape index (κ1) is 9.47. The van der Waals surface area contributed by atoms with Gasteiger partial charge in [-0.2, -0.15) is 0 Å². The van der Waals surface area contributed by atoms with E-state index in [4.69, 9.17) is 10.5 Å². The molecule has 0 atom stereocenters. The first-order valence-corrected chi connectivity index (χ1v) is 5.47. The Hall–Kier alpha value is -0.0800. The zero-order valence-electron chi connectivity index (χ0n) is 8.75. The van der Waals surface area contributed by atoms with E-state index in [1.807, 2.05) is 0 Å². The van der Waals surface area contributed by atoms with Gasteiger partial charge in [0.05, 0.1) is 6.10 Å². The van der Waals surface area contributed by atoms with Crippen LogP contribution in [0.3, 0.4) is 0 Å². The Balaban J connectivity index is 1.62. The Bertz CT molecular complexity index is 177. The summed E-state index contributed by atoms with van der Waals surface area (Å²) in [4.78, 5) is 0. The van der Waals surface area contributed by atoms with Crippen molar-refractivity contribution in [2.75, 3.05) is 6.61 Å². The predicted molar refractivity (Wildman–Crippen MR) is 53.5 cm³/mol. The fourth-order valence-corrected chi connectivity index (χ4v) is 2.74. The van der Waals surface area contributed by atoms with Crippen LogP contribution in [0, 0.1) is 11.3 Å². The molecule has 13 heavy (non-hydrogen) atoms. The molecular weight excluding hydrogens is 162 g/mol. The fourth-order valence-electron chi connectivity index (χ4n) is 2.74. The van der Waals surface area contributed by atoms with Gasteiger partial charge in [-0.1, -0.05) is 13.8 Å². The number of nitrogens with two attached hydrogens (primary N) is 1. The molecule has 0 aromatic heterocycles. The van der Waals surface area contributed by atoms with Gasteiger partial charge in [-0.25, -0.2) is 0 Å². The van der Waals surface area contributed by atoms with Crippen molar-refractivity contribution in [3.8, 4) is 0 Å². The Labute approximate surface area is 80.8 Å². The average molecular weight is 183 g/mol. The Kier molecular flexibility index (Phi) is 2.37. The van der Waals surface area contributed by atoms with Crippen LogP contribution in [0.1, 0.15) is 39.5 Å². The van der Waals surface area contributed by atoms with Crippen molar-refractivity contribution in [1.82, 2.24) is 0 Å². The summed E-state index contributed by atoms with van der Waals surface area (Å²) in [5, 5.41) is 0. The SMILES string of the molecule is CC(C)COC1CC2(CC(N)C2)C1. The molecule has 0 aromatic carbocycles. The number of hydrogen-bond donors (Lipinski definition) is 1. The van der Waals surface area contributed by atoms with E-state index in [2.05, 4.69) is 13.8 Å². The van der Waals surface area contributed by atoms with Crippen molar-refractivity contribution in [1.29, 1.82) is 0 Å². The van der Waals surface area contributed by atoms with Gasteiger partial charge in [-0.05, 0) is 37.0 Å². The standard InChI is InChI=1S/C11H21NO/c1-8(2)7-13-10-5-11(6-10)3-9(12)4-11/h8-10H,3-7,12H2,1-2H3. The Morgan fingerprint density at radius 2 is 1.92 bits per heavy atom. The Morgan fingerprint density at radius 3 is 2.38 bits per heavy atom. The van der Waals surface area contributed by atoms with E-state index in [1.54, 1.807) is 0 Å². The molecule has 0 heterocycles. The summed E-state index contributed by atoms with van der Waals surface area (Å²) in [6.07, 6.45) is 5.58. The van der Waals surface area contributed by atoms with E-state index < -0.39 is 0 Å². The third kappa shape index (κ3) is 1.89. The maximum Gasteiger partial charge on any atom is 0.0586 e. The normalized spacial score (nSPS) is 43.4. The summed E-state index contributed by atoms with van der Waals surface area (Å²) in [6.45, 7) is 5.33. The molecule has 2 heteroatoms. The molecule has 0 radical (unpaired) electrons.